The molecule has 0 saturated carbocycles. The molecule has 0 bridgehead atoms. The van der Waals surface area contributed by atoms with Crippen molar-refractivity contribution < 1.29 is 14.6 Å². The van der Waals surface area contributed by atoms with Crippen molar-refractivity contribution in [2.24, 2.45) is 0 Å². The summed E-state index contributed by atoms with van der Waals surface area (Å²) < 4.78 is 5.23. The summed E-state index contributed by atoms with van der Waals surface area (Å²) in [6.45, 7) is 1.23. The van der Waals surface area contributed by atoms with E-state index in [1.807, 2.05) is 6.26 Å². The summed E-state index contributed by atoms with van der Waals surface area (Å²) in [5, 5.41) is 11.2. The highest BCUT2D eigenvalue weighted by atomic mass is 35.5. The number of hydrogen-bond donors (Lipinski definition) is 1. The first-order valence-electron chi connectivity index (χ1n) is 6.57. The predicted octanol–water partition coefficient (Wildman–Crippen LogP) is 1.47. The van der Waals surface area contributed by atoms with Crippen molar-refractivity contribution in [1.82, 2.24) is 14.9 Å². The van der Waals surface area contributed by atoms with Crippen molar-refractivity contribution in [3.63, 3.8) is 0 Å². The summed E-state index contributed by atoms with van der Waals surface area (Å²) in [6, 6.07) is 0. The number of aromatic nitrogens is 2. The lowest BCUT2D eigenvalue weighted by atomic mass is 9.94. The lowest BCUT2D eigenvalue weighted by molar-refractivity contribution is -0.0734. The second kappa shape index (κ2) is 6.91. The molecular weight excluding hydrogens is 314 g/mol. The minimum atomic E-state index is -0.912. The Kier molecular flexibility index (Phi) is 5.43. The van der Waals surface area contributed by atoms with Crippen LogP contribution in [0.25, 0.3) is 0 Å². The van der Waals surface area contributed by atoms with Gasteiger partial charge in [-0.2, -0.15) is 0 Å². The molecular formula is C13H18ClN3O3S. The van der Waals surface area contributed by atoms with Crippen molar-refractivity contribution in [2.75, 3.05) is 33.1 Å². The Bertz CT molecular complexity index is 523. The monoisotopic (exact) mass is 331 g/mol. The number of amides is 1. The van der Waals surface area contributed by atoms with E-state index in [0.29, 0.717) is 31.2 Å². The van der Waals surface area contributed by atoms with Crippen LogP contribution in [-0.2, 0) is 4.74 Å². The molecule has 0 aromatic carbocycles. The van der Waals surface area contributed by atoms with E-state index in [9.17, 15) is 9.90 Å². The highest BCUT2D eigenvalue weighted by Gasteiger charge is 2.33. The molecule has 1 aromatic rings. The summed E-state index contributed by atoms with van der Waals surface area (Å²) in [5.74, 6) is -0.322. The molecule has 21 heavy (non-hydrogen) atoms. The number of ether oxygens (including phenoxy) is 1. The third-order valence-electron chi connectivity index (χ3n) is 3.41. The molecule has 6 nitrogen and oxygen atoms in total. The van der Waals surface area contributed by atoms with E-state index in [2.05, 4.69) is 9.97 Å². The molecule has 2 heterocycles. The number of carbonyl (C=O) groups excluding carboxylic acids is 1. The Morgan fingerprint density at radius 1 is 1.57 bits per heavy atom. The molecule has 116 valence electrons. The predicted molar refractivity (Wildman–Crippen MR) is 80.8 cm³/mol. The summed E-state index contributed by atoms with van der Waals surface area (Å²) >= 11 is 7.34. The fourth-order valence-electron chi connectivity index (χ4n) is 2.20. The minimum Gasteiger partial charge on any atom is -0.388 e. The molecule has 0 atom stereocenters. The zero-order valence-electron chi connectivity index (χ0n) is 12.0. The highest BCUT2D eigenvalue weighted by molar-refractivity contribution is 7.98. The van der Waals surface area contributed by atoms with Crippen LogP contribution in [0.15, 0.2) is 11.4 Å². The van der Waals surface area contributed by atoms with Crippen molar-refractivity contribution in [3.8, 4) is 0 Å². The van der Waals surface area contributed by atoms with Gasteiger partial charge in [0, 0.05) is 39.6 Å². The van der Waals surface area contributed by atoms with Crippen molar-refractivity contribution in [1.29, 1.82) is 0 Å². The Morgan fingerprint density at radius 3 is 2.86 bits per heavy atom. The van der Waals surface area contributed by atoms with Gasteiger partial charge < -0.3 is 14.7 Å². The van der Waals surface area contributed by atoms with Gasteiger partial charge >= 0.3 is 0 Å². The quantitative estimate of drug-likeness (QED) is 0.665. The maximum absolute atomic E-state index is 12.4. The number of aliphatic hydroxyl groups is 1. The van der Waals surface area contributed by atoms with Crippen LogP contribution in [0.5, 0.6) is 0 Å². The number of rotatable bonds is 4. The fourth-order valence-corrected chi connectivity index (χ4v) is 2.72. The second-order valence-electron chi connectivity index (χ2n) is 5.05. The zero-order valence-corrected chi connectivity index (χ0v) is 13.6. The largest absolute Gasteiger partial charge is 0.388 e. The van der Waals surface area contributed by atoms with Crippen LogP contribution in [-0.4, -0.2) is 64.5 Å². The zero-order chi connectivity index (χ0) is 15.5. The molecule has 1 aliphatic rings. The van der Waals surface area contributed by atoms with Gasteiger partial charge in [-0.1, -0.05) is 23.4 Å². The summed E-state index contributed by atoms with van der Waals surface area (Å²) in [5.41, 5.74) is -0.751. The van der Waals surface area contributed by atoms with Crippen LogP contribution in [0.4, 0.5) is 0 Å². The van der Waals surface area contributed by atoms with Crippen LogP contribution >= 0.6 is 23.4 Å². The molecule has 0 aliphatic carbocycles. The van der Waals surface area contributed by atoms with E-state index < -0.39 is 5.60 Å². The normalized spacial score (nSPS) is 17.5. The lowest BCUT2D eigenvalue weighted by Gasteiger charge is -2.35. The fraction of sp³-hybridized carbons (Fsp3) is 0.615. The standard InChI is InChI=1S/C13H18ClN3O3S/c1-17(8-13(19)3-5-20-6-4-13)11(18)10-9(14)7-15-12(16-10)21-2/h7,19H,3-6,8H2,1-2H3. The molecule has 1 N–H and O–H groups in total. The number of hydrogen-bond acceptors (Lipinski definition) is 6. The average molecular weight is 332 g/mol. The molecule has 1 amide bonds. The van der Waals surface area contributed by atoms with Crippen LogP contribution in [0.3, 0.4) is 0 Å². The van der Waals surface area contributed by atoms with Gasteiger partial charge in [0.05, 0.1) is 16.8 Å². The number of halogens is 1. The van der Waals surface area contributed by atoms with Crippen molar-refractivity contribution in [2.45, 2.75) is 23.6 Å². The molecule has 1 aromatic heterocycles. The van der Waals surface area contributed by atoms with E-state index in [1.165, 1.54) is 22.9 Å². The van der Waals surface area contributed by atoms with Gasteiger partial charge in [0.2, 0.25) is 0 Å². The first kappa shape index (κ1) is 16.5. The van der Waals surface area contributed by atoms with E-state index in [0.717, 1.165) is 0 Å². The number of thioether (sulfide) groups is 1. The molecule has 0 spiro atoms. The second-order valence-corrected chi connectivity index (χ2v) is 6.23. The molecule has 1 aliphatic heterocycles. The van der Waals surface area contributed by atoms with E-state index in [1.54, 1.807) is 7.05 Å². The average Bonchev–Trinajstić information content (AvgIpc) is 2.47. The maximum Gasteiger partial charge on any atom is 0.274 e. The SMILES string of the molecule is CSc1ncc(Cl)c(C(=O)N(C)CC2(O)CCOCC2)n1. The first-order valence-corrected chi connectivity index (χ1v) is 8.17. The van der Waals surface area contributed by atoms with Gasteiger partial charge in [0.15, 0.2) is 10.9 Å². The molecule has 0 unspecified atom stereocenters. The number of carbonyl (C=O) groups is 1. The van der Waals surface area contributed by atoms with Gasteiger partial charge in [-0.25, -0.2) is 9.97 Å². The van der Waals surface area contributed by atoms with Gasteiger partial charge in [0.25, 0.3) is 5.91 Å². The minimum absolute atomic E-state index is 0.161. The summed E-state index contributed by atoms with van der Waals surface area (Å²) in [6.07, 6.45) is 4.27. The summed E-state index contributed by atoms with van der Waals surface area (Å²) in [4.78, 5) is 22.1. The van der Waals surface area contributed by atoms with Crippen molar-refractivity contribution in [3.05, 3.63) is 16.9 Å². The number of likely N-dealkylation sites (N-methyl/N-ethyl adjacent to an activating group) is 1. The molecule has 2 rings (SSSR count). The van der Waals surface area contributed by atoms with Gasteiger partial charge in [-0.05, 0) is 6.26 Å². The Morgan fingerprint density at radius 2 is 2.24 bits per heavy atom. The topological polar surface area (TPSA) is 75.6 Å². The first-order chi connectivity index (χ1) is 9.95. The highest BCUT2D eigenvalue weighted by Crippen LogP contribution is 2.23. The van der Waals surface area contributed by atoms with E-state index >= 15 is 0 Å². The summed E-state index contributed by atoms with van der Waals surface area (Å²) in [7, 11) is 1.63. The van der Waals surface area contributed by atoms with Crippen LogP contribution in [0, 0.1) is 0 Å². The van der Waals surface area contributed by atoms with Crippen LogP contribution < -0.4 is 0 Å². The van der Waals surface area contributed by atoms with E-state index in [-0.39, 0.29) is 23.2 Å². The Hall–Kier alpha value is -0.890. The smallest absolute Gasteiger partial charge is 0.274 e. The molecule has 1 saturated heterocycles. The third-order valence-corrected chi connectivity index (χ3v) is 4.25. The van der Waals surface area contributed by atoms with Gasteiger partial charge in [-0.15, -0.1) is 0 Å². The van der Waals surface area contributed by atoms with Crippen molar-refractivity contribution >= 4 is 29.3 Å². The van der Waals surface area contributed by atoms with Gasteiger partial charge in [0.1, 0.15) is 0 Å². The lowest BCUT2D eigenvalue weighted by Crippen LogP contribution is -2.47. The Balaban J connectivity index is 2.11. The Labute approximate surface area is 132 Å². The van der Waals surface area contributed by atoms with Crippen LogP contribution in [0.2, 0.25) is 5.02 Å². The molecule has 0 radical (unpaired) electrons. The van der Waals surface area contributed by atoms with Gasteiger partial charge in [-0.3, -0.25) is 4.79 Å². The molecule has 8 heteroatoms. The third kappa shape index (κ3) is 4.06. The molecule has 1 fully saturated rings. The van der Waals surface area contributed by atoms with Crippen LogP contribution in [0.1, 0.15) is 23.3 Å². The maximum atomic E-state index is 12.4. The number of nitrogens with zero attached hydrogens (tertiary/aromatic N) is 3. The van der Waals surface area contributed by atoms with E-state index in [4.69, 9.17) is 16.3 Å².